The maximum Gasteiger partial charge on any atom is 0.330 e. The van der Waals surface area contributed by atoms with Crippen molar-refractivity contribution in [2.75, 3.05) is 26.2 Å². The Hall–Kier alpha value is -0.880. The number of hydrogen-bond acceptors (Lipinski definition) is 2. The molecule has 0 saturated heterocycles. The Morgan fingerprint density at radius 1 is 0.714 bits per heavy atom. The minimum atomic E-state index is -0.115. The number of halogens is 1. The molecule has 1 unspecified atom stereocenters. The van der Waals surface area contributed by atoms with Gasteiger partial charge in [0.1, 0.15) is 0 Å². The van der Waals surface area contributed by atoms with Gasteiger partial charge in [-0.2, -0.15) is 0 Å². The van der Waals surface area contributed by atoms with Crippen LogP contribution in [-0.2, 0) is 13.1 Å². The van der Waals surface area contributed by atoms with Gasteiger partial charge in [-0.1, -0.05) is 58.8 Å². The fourth-order valence-corrected chi connectivity index (χ4v) is 5.70. The van der Waals surface area contributed by atoms with Crippen molar-refractivity contribution in [3.8, 4) is 0 Å². The first kappa shape index (κ1) is 32.1. The molecule has 0 amide bonds. The molecule has 0 fully saturated rings. The Labute approximate surface area is 225 Å². The SMILES string of the molecule is CCCCCCCCCC[N+]1(CCCC)CCCCCn2cc(C)c(=O)n(c2=O)CCCCC1.[Br-]. The van der Waals surface area contributed by atoms with Crippen LogP contribution in [0.5, 0.6) is 0 Å². The van der Waals surface area contributed by atoms with Crippen molar-refractivity contribution < 1.29 is 21.5 Å². The smallest absolute Gasteiger partial charge is 0.330 e. The van der Waals surface area contributed by atoms with Crippen molar-refractivity contribution >= 4 is 0 Å². The van der Waals surface area contributed by atoms with E-state index in [4.69, 9.17) is 0 Å². The summed E-state index contributed by atoms with van der Waals surface area (Å²) in [5.41, 5.74) is 0.471. The van der Waals surface area contributed by atoms with Gasteiger partial charge in [-0.3, -0.25) is 9.36 Å². The highest BCUT2D eigenvalue weighted by molar-refractivity contribution is 5.02. The molecule has 2 heterocycles. The molecular weight excluding hydrogens is 502 g/mol. The normalized spacial score (nSPS) is 19.6. The van der Waals surface area contributed by atoms with Gasteiger partial charge in [-0.05, 0) is 64.7 Å². The third kappa shape index (κ3) is 11.4. The van der Waals surface area contributed by atoms with Gasteiger partial charge < -0.3 is 26.0 Å². The molecule has 5 nitrogen and oxygen atoms in total. The third-order valence-corrected chi connectivity index (χ3v) is 7.93. The van der Waals surface area contributed by atoms with Gasteiger partial charge in [-0.15, -0.1) is 0 Å². The van der Waals surface area contributed by atoms with E-state index < -0.39 is 0 Å². The molecule has 1 aliphatic rings. The lowest BCUT2D eigenvalue weighted by Crippen LogP contribution is -3.00. The summed E-state index contributed by atoms with van der Waals surface area (Å²) in [7, 11) is 0. The van der Waals surface area contributed by atoms with E-state index in [1.807, 2.05) is 6.92 Å². The van der Waals surface area contributed by atoms with E-state index in [2.05, 4.69) is 13.8 Å². The van der Waals surface area contributed by atoms with Gasteiger partial charge in [0.25, 0.3) is 5.56 Å². The van der Waals surface area contributed by atoms with Crippen LogP contribution in [0.25, 0.3) is 0 Å². The first-order valence-corrected chi connectivity index (χ1v) is 14.7. The number of nitrogens with zero attached hydrogens (tertiary/aromatic N) is 3. The topological polar surface area (TPSA) is 44.0 Å². The van der Waals surface area contributed by atoms with Crippen LogP contribution in [0.15, 0.2) is 15.8 Å². The second-order valence-corrected chi connectivity index (χ2v) is 10.9. The summed E-state index contributed by atoms with van der Waals surface area (Å²) in [5, 5.41) is 0. The summed E-state index contributed by atoms with van der Waals surface area (Å²) in [6, 6.07) is 0. The highest BCUT2D eigenvalue weighted by Gasteiger charge is 2.25. The molecule has 1 aliphatic heterocycles. The van der Waals surface area contributed by atoms with Crippen molar-refractivity contribution in [2.45, 2.75) is 137 Å². The van der Waals surface area contributed by atoms with Crippen molar-refractivity contribution in [1.29, 1.82) is 0 Å². The minimum Gasteiger partial charge on any atom is -1.00 e. The number of hydrogen-bond donors (Lipinski definition) is 0. The Kier molecular flexibility index (Phi) is 16.9. The van der Waals surface area contributed by atoms with Crippen molar-refractivity contribution in [3.63, 3.8) is 0 Å². The lowest BCUT2D eigenvalue weighted by atomic mass is 10.1. The number of unbranched alkanes of at least 4 members (excludes halogenated alkanes) is 8. The maximum absolute atomic E-state index is 12.8. The van der Waals surface area contributed by atoms with Crippen LogP contribution in [0, 0.1) is 6.92 Å². The summed E-state index contributed by atoms with van der Waals surface area (Å²) in [4.78, 5) is 25.4. The molecule has 1 aromatic heterocycles. The number of aryl methyl sites for hydroxylation is 2. The highest BCUT2D eigenvalue weighted by atomic mass is 79.9. The molecular formula is C29H54BrN3O2. The van der Waals surface area contributed by atoms with E-state index in [9.17, 15) is 9.59 Å². The first-order chi connectivity index (χ1) is 16.5. The number of aromatic nitrogens is 2. The van der Waals surface area contributed by atoms with E-state index in [0.717, 1.165) is 32.2 Å². The fourth-order valence-electron chi connectivity index (χ4n) is 5.70. The quantitative estimate of drug-likeness (QED) is 0.293. The van der Waals surface area contributed by atoms with Crippen LogP contribution >= 0.6 is 0 Å². The summed E-state index contributed by atoms with van der Waals surface area (Å²) >= 11 is 0. The molecule has 2 bridgehead atoms. The van der Waals surface area contributed by atoms with Crippen LogP contribution in [0.4, 0.5) is 0 Å². The largest absolute Gasteiger partial charge is 1.00 e. The van der Waals surface area contributed by atoms with Gasteiger partial charge in [0, 0.05) is 24.8 Å². The molecule has 0 aliphatic carbocycles. The zero-order chi connectivity index (χ0) is 24.7. The molecule has 2 rings (SSSR count). The standard InChI is InChI=1S/C29H54N3O2.BrH/c1-4-6-8-9-10-11-12-17-23-32(22-7-5-2)24-18-13-15-20-30-26-27(3)28(33)31(29(30)34)21-16-14-19-25-32;/h26H,4-25H2,1-3H3;1H/q+1;/p-1. The Bertz CT molecular complexity index is 804. The number of rotatable bonds is 12. The van der Waals surface area contributed by atoms with Gasteiger partial charge in [-0.25, -0.2) is 4.79 Å². The monoisotopic (exact) mass is 555 g/mol. The van der Waals surface area contributed by atoms with Crippen LogP contribution < -0.4 is 28.2 Å². The number of quaternary nitrogens is 1. The second-order valence-electron chi connectivity index (χ2n) is 10.9. The summed E-state index contributed by atoms with van der Waals surface area (Å²) in [6.45, 7) is 13.0. The first-order valence-electron chi connectivity index (χ1n) is 14.7. The van der Waals surface area contributed by atoms with Gasteiger partial charge >= 0.3 is 5.69 Å². The summed E-state index contributed by atoms with van der Waals surface area (Å²) in [6.07, 6.45) is 22.1. The molecule has 0 N–H and O–H groups in total. The van der Waals surface area contributed by atoms with Crippen LogP contribution in [-0.4, -0.2) is 39.8 Å². The Morgan fingerprint density at radius 2 is 1.26 bits per heavy atom. The average Bonchev–Trinajstić information content (AvgIpc) is 2.83. The molecule has 6 heteroatoms. The van der Waals surface area contributed by atoms with Crippen molar-refractivity contribution in [1.82, 2.24) is 9.13 Å². The Balaban J connectivity index is 0.00000612. The van der Waals surface area contributed by atoms with Crippen LogP contribution in [0.1, 0.15) is 122 Å². The maximum atomic E-state index is 12.8. The van der Waals surface area contributed by atoms with E-state index >= 15 is 0 Å². The lowest BCUT2D eigenvalue weighted by Gasteiger charge is -2.39. The summed E-state index contributed by atoms with van der Waals surface area (Å²) < 4.78 is 4.57. The van der Waals surface area contributed by atoms with E-state index in [1.54, 1.807) is 10.8 Å². The zero-order valence-electron chi connectivity index (χ0n) is 23.2. The van der Waals surface area contributed by atoms with E-state index in [0.29, 0.717) is 12.1 Å². The van der Waals surface area contributed by atoms with Crippen molar-refractivity contribution in [3.05, 3.63) is 32.6 Å². The summed E-state index contributed by atoms with van der Waals surface area (Å²) in [5.74, 6) is 0. The highest BCUT2D eigenvalue weighted by Crippen LogP contribution is 2.19. The predicted octanol–water partition coefficient (Wildman–Crippen LogP) is 3.43. The molecule has 1 aromatic rings. The molecule has 0 aromatic carbocycles. The second kappa shape index (κ2) is 18.4. The van der Waals surface area contributed by atoms with E-state index in [-0.39, 0.29) is 28.2 Å². The third-order valence-electron chi connectivity index (χ3n) is 7.93. The van der Waals surface area contributed by atoms with Crippen molar-refractivity contribution in [2.24, 2.45) is 0 Å². The van der Waals surface area contributed by atoms with Crippen LogP contribution in [0.3, 0.4) is 0 Å². The van der Waals surface area contributed by atoms with Crippen LogP contribution in [0.2, 0.25) is 0 Å². The molecule has 204 valence electrons. The predicted molar refractivity (Wildman–Crippen MR) is 145 cm³/mol. The minimum absolute atomic E-state index is 0. The lowest BCUT2D eigenvalue weighted by molar-refractivity contribution is -0.929. The Morgan fingerprint density at radius 3 is 1.89 bits per heavy atom. The van der Waals surface area contributed by atoms with E-state index in [1.165, 1.54) is 112 Å². The molecule has 1 atom stereocenters. The fraction of sp³-hybridized carbons (Fsp3) is 0.862. The molecule has 0 spiro atoms. The average molecular weight is 557 g/mol. The zero-order valence-corrected chi connectivity index (χ0v) is 24.8. The van der Waals surface area contributed by atoms with Gasteiger partial charge in [0.2, 0.25) is 0 Å². The van der Waals surface area contributed by atoms with Gasteiger partial charge in [0.05, 0.1) is 26.2 Å². The molecule has 0 saturated carbocycles. The molecule has 35 heavy (non-hydrogen) atoms. The molecule has 0 radical (unpaired) electrons. The number of fused-ring (bicyclic) bond motifs is 2. The van der Waals surface area contributed by atoms with Gasteiger partial charge in [0.15, 0.2) is 0 Å².